The summed E-state index contributed by atoms with van der Waals surface area (Å²) in [6, 6.07) is 18.7. The molecule has 1 aromatic heterocycles. The Morgan fingerprint density at radius 3 is 2.11 bits per heavy atom. The summed E-state index contributed by atoms with van der Waals surface area (Å²) in [4.78, 5) is 16.6. The van der Waals surface area contributed by atoms with Crippen LogP contribution in [0.15, 0.2) is 66.9 Å². The molecule has 0 aliphatic heterocycles. The van der Waals surface area contributed by atoms with Crippen LogP contribution in [0.5, 0.6) is 11.5 Å². The zero-order valence-corrected chi connectivity index (χ0v) is 15.9. The molecule has 0 saturated carbocycles. The Morgan fingerprint density at radius 1 is 0.893 bits per heavy atom. The quantitative estimate of drug-likeness (QED) is 0.621. The summed E-state index contributed by atoms with van der Waals surface area (Å²) >= 11 is 0. The molecule has 0 aliphatic carbocycles. The normalized spacial score (nSPS) is 10.2. The van der Waals surface area contributed by atoms with Crippen molar-refractivity contribution in [1.29, 1.82) is 0 Å². The highest BCUT2D eigenvalue weighted by atomic mass is 16.5. The first kappa shape index (κ1) is 19.2. The number of pyridine rings is 1. The molecule has 2 aromatic carbocycles. The lowest BCUT2D eigenvalue weighted by Crippen LogP contribution is -2.13. The Balaban J connectivity index is 1.49. The van der Waals surface area contributed by atoms with E-state index in [4.69, 9.17) is 9.47 Å². The van der Waals surface area contributed by atoms with Crippen molar-refractivity contribution in [2.75, 3.05) is 31.4 Å². The standard InChI is InChI=1S/C22H23N3O3/c1-27-19-8-3-16(4-9-19)13-14-23-21-12-5-17(15-24-21)22(26)25-18-6-10-20(28-2)11-7-18/h3-12,15H,13-14H2,1-2H3,(H,23,24)(H,25,26). The van der Waals surface area contributed by atoms with Gasteiger partial charge in [-0.05, 0) is 60.5 Å². The second-order valence-electron chi connectivity index (χ2n) is 6.14. The molecule has 0 aliphatic rings. The first-order valence-electron chi connectivity index (χ1n) is 8.96. The van der Waals surface area contributed by atoms with Gasteiger partial charge in [0.1, 0.15) is 17.3 Å². The predicted octanol–water partition coefficient (Wildman–Crippen LogP) is 4.01. The number of hydrogen-bond acceptors (Lipinski definition) is 5. The Morgan fingerprint density at radius 2 is 1.54 bits per heavy atom. The van der Waals surface area contributed by atoms with Gasteiger partial charge in [-0.25, -0.2) is 4.98 Å². The van der Waals surface area contributed by atoms with E-state index in [1.165, 1.54) is 5.56 Å². The van der Waals surface area contributed by atoms with Crippen LogP contribution in [0.25, 0.3) is 0 Å². The molecule has 3 rings (SSSR count). The highest BCUT2D eigenvalue weighted by Crippen LogP contribution is 2.16. The Kier molecular flexibility index (Phi) is 6.46. The molecule has 28 heavy (non-hydrogen) atoms. The first-order valence-corrected chi connectivity index (χ1v) is 8.96. The fraction of sp³-hybridized carbons (Fsp3) is 0.182. The van der Waals surface area contributed by atoms with Crippen LogP contribution in [-0.2, 0) is 6.42 Å². The molecule has 0 bridgehead atoms. The number of ether oxygens (including phenoxy) is 2. The molecule has 2 N–H and O–H groups in total. The lowest BCUT2D eigenvalue weighted by molar-refractivity contribution is 0.102. The first-order chi connectivity index (χ1) is 13.7. The molecule has 6 nitrogen and oxygen atoms in total. The number of rotatable bonds is 8. The number of hydrogen-bond donors (Lipinski definition) is 2. The number of amides is 1. The van der Waals surface area contributed by atoms with Gasteiger partial charge in [0.25, 0.3) is 5.91 Å². The van der Waals surface area contributed by atoms with E-state index < -0.39 is 0 Å². The highest BCUT2D eigenvalue weighted by Gasteiger charge is 2.07. The van der Waals surface area contributed by atoms with Crippen LogP contribution >= 0.6 is 0 Å². The average Bonchev–Trinajstić information content (AvgIpc) is 2.75. The van der Waals surface area contributed by atoms with Crippen molar-refractivity contribution in [2.45, 2.75) is 6.42 Å². The Bertz CT molecular complexity index is 892. The van der Waals surface area contributed by atoms with Crippen molar-refractivity contribution in [3.63, 3.8) is 0 Å². The van der Waals surface area contributed by atoms with E-state index in [9.17, 15) is 4.79 Å². The van der Waals surface area contributed by atoms with Crippen molar-refractivity contribution in [3.8, 4) is 11.5 Å². The van der Waals surface area contributed by atoms with E-state index >= 15 is 0 Å². The summed E-state index contributed by atoms with van der Waals surface area (Å²) in [7, 11) is 3.26. The third-order valence-electron chi connectivity index (χ3n) is 4.25. The number of nitrogens with zero attached hydrogens (tertiary/aromatic N) is 1. The summed E-state index contributed by atoms with van der Waals surface area (Å²) in [6.45, 7) is 0.747. The maximum Gasteiger partial charge on any atom is 0.257 e. The van der Waals surface area contributed by atoms with Gasteiger partial charge in [-0.3, -0.25) is 4.79 Å². The number of carbonyl (C=O) groups excluding carboxylic acids is 1. The second-order valence-corrected chi connectivity index (χ2v) is 6.14. The molecule has 1 heterocycles. The molecule has 0 atom stereocenters. The van der Waals surface area contributed by atoms with Crippen LogP contribution in [0.2, 0.25) is 0 Å². The Hall–Kier alpha value is -3.54. The maximum atomic E-state index is 12.3. The van der Waals surface area contributed by atoms with Gasteiger partial charge in [-0.15, -0.1) is 0 Å². The monoisotopic (exact) mass is 377 g/mol. The maximum absolute atomic E-state index is 12.3. The van der Waals surface area contributed by atoms with E-state index in [0.717, 1.165) is 30.3 Å². The molecule has 3 aromatic rings. The van der Waals surface area contributed by atoms with Gasteiger partial charge >= 0.3 is 0 Å². The number of carbonyl (C=O) groups is 1. The van der Waals surface area contributed by atoms with E-state index in [-0.39, 0.29) is 5.91 Å². The zero-order chi connectivity index (χ0) is 19.8. The molecule has 0 radical (unpaired) electrons. The third-order valence-corrected chi connectivity index (χ3v) is 4.25. The summed E-state index contributed by atoms with van der Waals surface area (Å²) in [6.07, 6.45) is 2.43. The molecule has 0 saturated heterocycles. The topological polar surface area (TPSA) is 72.5 Å². The average molecular weight is 377 g/mol. The fourth-order valence-electron chi connectivity index (χ4n) is 2.64. The number of benzene rings is 2. The molecule has 1 amide bonds. The van der Waals surface area contributed by atoms with Gasteiger partial charge < -0.3 is 20.1 Å². The molecular formula is C22H23N3O3. The fourth-order valence-corrected chi connectivity index (χ4v) is 2.64. The molecule has 0 spiro atoms. The molecule has 0 fully saturated rings. The third kappa shape index (κ3) is 5.23. The SMILES string of the molecule is COc1ccc(CCNc2ccc(C(=O)Nc3ccc(OC)cc3)cn2)cc1. The smallest absolute Gasteiger partial charge is 0.257 e. The number of aromatic nitrogens is 1. The summed E-state index contributed by atoms with van der Waals surface area (Å²) in [5.74, 6) is 2.11. The summed E-state index contributed by atoms with van der Waals surface area (Å²) < 4.78 is 10.3. The van der Waals surface area contributed by atoms with E-state index in [0.29, 0.717) is 11.3 Å². The lowest BCUT2D eigenvalue weighted by Gasteiger charge is -2.08. The molecular weight excluding hydrogens is 354 g/mol. The van der Waals surface area contributed by atoms with E-state index in [2.05, 4.69) is 15.6 Å². The minimum atomic E-state index is -0.206. The van der Waals surface area contributed by atoms with Crippen molar-refractivity contribution < 1.29 is 14.3 Å². The van der Waals surface area contributed by atoms with Gasteiger partial charge in [0.15, 0.2) is 0 Å². The van der Waals surface area contributed by atoms with Gasteiger partial charge in [0.2, 0.25) is 0 Å². The van der Waals surface area contributed by atoms with Crippen LogP contribution in [0.3, 0.4) is 0 Å². The summed E-state index contributed by atoms with van der Waals surface area (Å²) in [5, 5.41) is 6.10. The molecule has 144 valence electrons. The minimum Gasteiger partial charge on any atom is -0.497 e. The van der Waals surface area contributed by atoms with Crippen LogP contribution in [0, 0.1) is 0 Å². The van der Waals surface area contributed by atoms with Crippen LogP contribution in [0.1, 0.15) is 15.9 Å². The van der Waals surface area contributed by atoms with Crippen molar-refractivity contribution >= 4 is 17.4 Å². The van der Waals surface area contributed by atoms with Gasteiger partial charge in [0, 0.05) is 18.4 Å². The number of methoxy groups -OCH3 is 2. The zero-order valence-electron chi connectivity index (χ0n) is 15.9. The van der Waals surface area contributed by atoms with Gasteiger partial charge in [0.05, 0.1) is 19.8 Å². The molecule has 0 unspecified atom stereocenters. The highest BCUT2D eigenvalue weighted by molar-refractivity contribution is 6.04. The lowest BCUT2D eigenvalue weighted by atomic mass is 10.1. The van der Waals surface area contributed by atoms with E-state index in [1.54, 1.807) is 56.8 Å². The Labute approximate surface area is 164 Å². The van der Waals surface area contributed by atoms with Crippen molar-refractivity contribution in [3.05, 3.63) is 78.0 Å². The van der Waals surface area contributed by atoms with Crippen molar-refractivity contribution in [2.24, 2.45) is 0 Å². The minimum absolute atomic E-state index is 0.206. The largest absolute Gasteiger partial charge is 0.497 e. The molecule has 6 heteroatoms. The predicted molar refractivity (Wildman–Crippen MR) is 110 cm³/mol. The summed E-state index contributed by atoms with van der Waals surface area (Å²) in [5.41, 5.74) is 2.41. The van der Waals surface area contributed by atoms with Crippen LogP contribution < -0.4 is 20.1 Å². The van der Waals surface area contributed by atoms with E-state index in [1.807, 2.05) is 24.3 Å². The number of anilines is 2. The van der Waals surface area contributed by atoms with Gasteiger partial charge in [-0.1, -0.05) is 12.1 Å². The van der Waals surface area contributed by atoms with Gasteiger partial charge in [-0.2, -0.15) is 0 Å². The van der Waals surface area contributed by atoms with Crippen LogP contribution in [-0.4, -0.2) is 31.7 Å². The van der Waals surface area contributed by atoms with Crippen LogP contribution in [0.4, 0.5) is 11.5 Å². The van der Waals surface area contributed by atoms with Crippen molar-refractivity contribution in [1.82, 2.24) is 4.98 Å². The second kappa shape index (κ2) is 9.41. The number of nitrogens with one attached hydrogen (secondary N) is 2.